The maximum atomic E-state index is 10.8. The quantitative estimate of drug-likeness (QED) is 0.484. The Labute approximate surface area is 82.7 Å². The van der Waals surface area contributed by atoms with Gasteiger partial charge in [-0.3, -0.25) is 4.79 Å². The van der Waals surface area contributed by atoms with Crippen molar-refractivity contribution < 1.29 is 19.4 Å². The van der Waals surface area contributed by atoms with Gasteiger partial charge in [0, 0.05) is 18.3 Å². The third kappa shape index (κ3) is 7.15. The Morgan fingerprint density at radius 3 is 2.64 bits per heavy atom. The van der Waals surface area contributed by atoms with Crippen molar-refractivity contribution in [1.82, 2.24) is 5.32 Å². The lowest BCUT2D eigenvalue weighted by Gasteiger charge is -2.04. The molecular formula is C9H15NO4. The molecule has 0 unspecified atom stereocenters. The summed E-state index contributed by atoms with van der Waals surface area (Å²) in [6, 6.07) is 0. The zero-order chi connectivity index (χ0) is 11.0. The van der Waals surface area contributed by atoms with Crippen LogP contribution in [0.2, 0.25) is 0 Å². The zero-order valence-electron chi connectivity index (χ0n) is 8.37. The highest BCUT2D eigenvalue weighted by atomic mass is 16.5. The number of nitrogens with one attached hydrogen (secondary N) is 1. The van der Waals surface area contributed by atoms with E-state index in [1.54, 1.807) is 13.8 Å². The Balaban J connectivity index is 3.64. The fourth-order valence-electron chi connectivity index (χ4n) is 0.831. The van der Waals surface area contributed by atoms with E-state index >= 15 is 0 Å². The fraction of sp³-hybridized carbons (Fsp3) is 0.556. The van der Waals surface area contributed by atoms with E-state index in [1.165, 1.54) is 0 Å². The van der Waals surface area contributed by atoms with E-state index < -0.39 is 5.97 Å². The summed E-state index contributed by atoms with van der Waals surface area (Å²) in [6.45, 7) is 4.11. The van der Waals surface area contributed by atoms with E-state index in [4.69, 9.17) is 9.84 Å². The van der Waals surface area contributed by atoms with Gasteiger partial charge in [0.15, 0.2) is 0 Å². The number of carbonyl (C=O) groups excluding carboxylic acids is 1. The monoisotopic (exact) mass is 201 g/mol. The van der Waals surface area contributed by atoms with Gasteiger partial charge in [-0.05, 0) is 13.8 Å². The van der Waals surface area contributed by atoms with E-state index in [-0.39, 0.29) is 12.4 Å². The maximum absolute atomic E-state index is 10.8. The molecule has 5 heteroatoms. The van der Waals surface area contributed by atoms with E-state index in [0.717, 1.165) is 6.08 Å². The molecule has 0 aliphatic rings. The van der Waals surface area contributed by atoms with Crippen LogP contribution in [0.15, 0.2) is 11.8 Å². The van der Waals surface area contributed by atoms with Crippen LogP contribution in [0.1, 0.15) is 20.3 Å². The number of carboxylic acid groups (broad SMARTS) is 1. The van der Waals surface area contributed by atoms with Crippen LogP contribution in [0.25, 0.3) is 0 Å². The predicted octanol–water partition coefficient (Wildman–Crippen LogP) is 0.518. The van der Waals surface area contributed by atoms with E-state index in [2.05, 4.69) is 5.32 Å². The van der Waals surface area contributed by atoms with Crippen molar-refractivity contribution >= 4 is 11.9 Å². The average Bonchev–Trinajstić information content (AvgIpc) is 2.02. The third-order valence-electron chi connectivity index (χ3n) is 1.38. The van der Waals surface area contributed by atoms with Crippen LogP contribution in [0.5, 0.6) is 0 Å². The summed E-state index contributed by atoms with van der Waals surface area (Å²) in [5, 5.41) is 11.2. The third-order valence-corrected chi connectivity index (χ3v) is 1.38. The van der Waals surface area contributed by atoms with Crippen LogP contribution < -0.4 is 5.32 Å². The van der Waals surface area contributed by atoms with Crippen LogP contribution in [-0.2, 0) is 14.3 Å². The van der Waals surface area contributed by atoms with Gasteiger partial charge in [0.05, 0.1) is 13.0 Å². The molecule has 0 rings (SSSR count). The lowest BCUT2D eigenvalue weighted by molar-refractivity contribution is -0.142. The van der Waals surface area contributed by atoms with Crippen molar-refractivity contribution in [3.63, 3.8) is 0 Å². The zero-order valence-corrected chi connectivity index (χ0v) is 8.37. The lowest BCUT2D eigenvalue weighted by Crippen LogP contribution is -2.18. The van der Waals surface area contributed by atoms with Gasteiger partial charge >= 0.3 is 11.9 Å². The van der Waals surface area contributed by atoms with Crippen molar-refractivity contribution in [1.29, 1.82) is 0 Å². The number of hydrogen-bond donors (Lipinski definition) is 2. The second-order valence-electron chi connectivity index (χ2n) is 2.65. The van der Waals surface area contributed by atoms with Gasteiger partial charge in [0.25, 0.3) is 0 Å². The summed E-state index contributed by atoms with van der Waals surface area (Å²) in [6.07, 6.45) is 1.28. The number of rotatable bonds is 6. The molecule has 0 saturated carbocycles. The maximum Gasteiger partial charge on any atom is 0.330 e. The molecule has 0 heterocycles. The van der Waals surface area contributed by atoms with Gasteiger partial charge in [-0.2, -0.15) is 0 Å². The molecule has 2 N–H and O–H groups in total. The molecule has 0 spiro atoms. The van der Waals surface area contributed by atoms with E-state index in [0.29, 0.717) is 18.8 Å². The Bertz CT molecular complexity index is 235. The van der Waals surface area contributed by atoms with Crippen LogP contribution in [-0.4, -0.2) is 30.2 Å². The summed E-state index contributed by atoms with van der Waals surface area (Å²) in [4.78, 5) is 21.0. The highest BCUT2D eigenvalue weighted by Crippen LogP contribution is 1.89. The number of allylic oxidation sites excluding steroid dienone is 1. The predicted molar refractivity (Wildman–Crippen MR) is 50.6 cm³/mol. The number of carboxylic acids is 1. The number of ether oxygens (including phenoxy) is 1. The van der Waals surface area contributed by atoms with Crippen molar-refractivity contribution in [3.05, 3.63) is 11.8 Å². The molecule has 0 aromatic carbocycles. The smallest absolute Gasteiger partial charge is 0.330 e. The van der Waals surface area contributed by atoms with Crippen LogP contribution in [0, 0.1) is 0 Å². The van der Waals surface area contributed by atoms with Crippen molar-refractivity contribution in [3.8, 4) is 0 Å². The topological polar surface area (TPSA) is 75.6 Å². The first kappa shape index (κ1) is 12.5. The largest absolute Gasteiger partial charge is 0.478 e. The lowest BCUT2D eigenvalue weighted by atomic mass is 10.4. The Kier molecular flexibility index (Phi) is 6.19. The molecule has 0 aromatic rings. The van der Waals surface area contributed by atoms with Crippen LogP contribution in [0.4, 0.5) is 0 Å². The van der Waals surface area contributed by atoms with Gasteiger partial charge < -0.3 is 15.2 Å². The molecule has 0 aromatic heterocycles. The average molecular weight is 201 g/mol. The first-order valence-corrected chi connectivity index (χ1v) is 4.37. The van der Waals surface area contributed by atoms with Gasteiger partial charge in [0.2, 0.25) is 0 Å². The molecule has 5 nitrogen and oxygen atoms in total. The molecule has 0 radical (unpaired) electrons. The van der Waals surface area contributed by atoms with Crippen molar-refractivity contribution in [2.75, 3.05) is 13.2 Å². The SMILES string of the molecule is CCOC(=O)CCNC(C)=CC(=O)O. The molecule has 0 aliphatic heterocycles. The van der Waals surface area contributed by atoms with Gasteiger partial charge in [0.1, 0.15) is 0 Å². The minimum Gasteiger partial charge on any atom is -0.478 e. The minimum absolute atomic E-state index is 0.235. The molecular weight excluding hydrogens is 186 g/mol. The fourth-order valence-corrected chi connectivity index (χ4v) is 0.831. The highest BCUT2D eigenvalue weighted by Gasteiger charge is 2.00. The Hall–Kier alpha value is -1.52. The second kappa shape index (κ2) is 6.94. The van der Waals surface area contributed by atoms with Gasteiger partial charge in [-0.15, -0.1) is 0 Å². The van der Waals surface area contributed by atoms with E-state index in [9.17, 15) is 9.59 Å². The van der Waals surface area contributed by atoms with Crippen molar-refractivity contribution in [2.45, 2.75) is 20.3 Å². The van der Waals surface area contributed by atoms with Crippen LogP contribution in [0.3, 0.4) is 0 Å². The molecule has 0 saturated heterocycles. The molecule has 0 atom stereocenters. The summed E-state index contributed by atoms with van der Waals surface area (Å²) in [5.41, 5.74) is 0.516. The normalized spacial score (nSPS) is 10.9. The van der Waals surface area contributed by atoms with Crippen LogP contribution >= 0.6 is 0 Å². The molecule has 14 heavy (non-hydrogen) atoms. The van der Waals surface area contributed by atoms with Gasteiger partial charge in [-0.25, -0.2) is 4.79 Å². The number of esters is 1. The molecule has 80 valence electrons. The molecule has 0 amide bonds. The number of hydrogen-bond acceptors (Lipinski definition) is 4. The van der Waals surface area contributed by atoms with E-state index in [1.807, 2.05) is 0 Å². The summed E-state index contributed by atoms with van der Waals surface area (Å²) < 4.78 is 4.69. The first-order chi connectivity index (χ1) is 6.56. The van der Waals surface area contributed by atoms with Gasteiger partial charge in [-0.1, -0.05) is 0 Å². The second-order valence-corrected chi connectivity index (χ2v) is 2.65. The standard InChI is InChI=1S/C9H15NO4/c1-3-14-9(13)4-5-10-7(2)6-8(11)12/h6,10H,3-5H2,1-2H3,(H,11,12). The molecule has 0 aliphatic carbocycles. The minimum atomic E-state index is -1.01. The highest BCUT2D eigenvalue weighted by molar-refractivity contribution is 5.80. The Morgan fingerprint density at radius 1 is 1.50 bits per heavy atom. The summed E-state index contributed by atoms with van der Waals surface area (Å²) in [7, 11) is 0. The molecule has 0 fully saturated rings. The number of carbonyl (C=O) groups is 2. The first-order valence-electron chi connectivity index (χ1n) is 4.37. The molecule has 0 bridgehead atoms. The summed E-state index contributed by atoms with van der Waals surface area (Å²) >= 11 is 0. The summed E-state index contributed by atoms with van der Waals surface area (Å²) in [5.74, 6) is -1.30. The Morgan fingerprint density at radius 2 is 2.14 bits per heavy atom. The number of aliphatic carboxylic acids is 1. The van der Waals surface area contributed by atoms with Crippen molar-refractivity contribution in [2.24, 2.45) is 0 Å².